The van der Waals surface area contributed by atoms with Crippen LogP contribution in [0.1, 0.15) is 77.5 Å². The molecule has 6 atom stereocenters. The number of unbranched alkanes of at least 4 members (excludes halogenated alkanes) is 1. The van der Waals surface area contributed by atoms with Crippen molar-refractivity contribution in [1.29, 1.82) is 0 Å². The fourth-order valence-corrected chi connectivity index (χ4v) is 10.4. The number of H-pyrrole nitrogens is 1. The SMILES string of the molecule is CCCC(C)(C)SSCOCCCCOC(=O)CCC#Cc1cn([C@H]2C[C@H](OCS(C)=S)[C@@H](COP(=O)(O)OP(=O)(O)OP(=O)(O)O)O2)c(=O)[nH]c1=O. The van der Waals surface area contributed by atoms with Crippen LogP contribution >= 0.6 is 45.1 Å². The molecule has 1 fully saturated rings. The number of carbonyl (C=O) groups is 1. The zero-order valence-electron chi connectivity index (χ0n) is 29.3. The van der Waals surface area contributed by atoms with E-state index in [1.807, 2.05) is 10.8 Å². The molecule has 0 aliphatic carbocycles. The van der Waals surface area contributed by atoms with Gasteiger partial charge in [-0.05, 0) is 50.6 Å². The van der Waals surface area contributed by atoms with E-state index in [0.29, 0.717) is 19.0 Å². The maximum atomic E-state index is 12.7. The van der Waals surface area contributed by atoms with Crippen LogP contribution in [-0.2, 0) is 71.2 Å². The van der Waals surface area contributed by atoms with Crippen molar-refractivity contribution in [2.75, 3.05) is 38.0 Å². The summed E-state index contributed by atoms with van der Waals surface area (Å²) in [5, 5.41) is 0. The molecular formula is C27H45N2O17P3S4. The number of nitrogens with zero attached hydrogens (tertiary/aromatic N) is 1. The van der Waals surface area contributed by atoms with Crippen molar-refractivity contribution >= 4 is 71.7 Å². The van der Waals surface area contributed by atoms with Crippen LogP contribution in [0.2, 0.25) is 0 Å². The molecule has 304 valence electrons. The minimum absolute atomic E-state index is 0.0342. The van der Waals surface area contributed by atoms with Gasteiger partial charge in [-0.15, -0.1) is 0 Å². The quantitative estimate of drug-likeness (QED) is 0.0248. The first-order valence-corrected chi connectivity index (χ1v) is 25.4. The van der Waals surface area contributed by atoms with Gasteiger partial charge in [-0.1, -0.05) is 56.2 Å². The molecule has 5 N–H and O–H groups in total. The molecule has 53 heavy (non-hydrogen) atoms. The van der Waals surface area contributed by atoms with Gasteiger partial charge in [-0.2, -0.15) is 8.62 Å². The number of hydrogen-bond donors (Lipinski definition) is 5. The number of phosphoric acid groups is 3. The summed E-state index contributed by atoms with van der Waals surface area (Å²) in [4.78, 5) is 76.1. The minimum Gasteiger partial charge on any atom is -0.466 e. The van der Waals surface area contributed by atoms with Crippen LogP contribution in [0, 0.1) is 11.8 Å². The van der Waals surface area contributed by atoms with Crippen molar-refractivity contribution in [3.8, 4) is 11.8 Å². The highest BCUT2D eigenvalue weighted by atomic mass is 33.1. The standard InChI is InChI=1S/C27H45N2O17P3S4/c1-5-12-27(2,3)52-51-18-40-13-8-9-14-41-24(30)11-7-6-10-20-16-29(26(32)28-25(20)31)23-15-21(42-19-53(4)50)22(44-23)17-43-48(36,37)46-49(38,39)45-47(33,34)35/h16,21-23H,5,7-9,11-15,17-19H2,1-4H3,(H,36,37)(H,38,39)(H,28,31,32)(H2,33,34,35)/t21-,22+,23+,53?/m0/s1. The summed E-state index contributed by atoms with van der Waals surface area (Å²) < 4.78 is 70.5. The van der Waals surface area contributed by atoms with E-state index in [2.05, 4.69) is 46.2 Å². The summed E-state index contributed by atoms with van der Waals surface area (Å²) in [6, 6.07) is 0. The van der Waals surface area contributed by atoms with Gasteiger partial charge in [0, 0.05) is 30.4 Å². The first-order chi connectivity index (χ1) is 24.6. The normalized spacial score (nSPS) is 20.6. The molecule has 19 nitrogen and oxygen atoms in total. The zero-order valence-corrected chi connectivity index (χ0v) is 35.3. The molecule has 2 heterocycles. The second-order valence-electron chi connectivity index (χ2n) is 11.8. The second kappa shape index (κ2) is 22.9. The van der Waals surface area contributed by atoms with Crippen molar-refractivity contribution in [2.24, 2.45) is 0 Å². The Morgan fingerprint density at radius 2 is 1.85 bits per heavy atom. The Balaban J connectivity index is 1.92. The Labute approximate surface area is 321 Å². The smallest absolute Gasteiger partial charge is 0.466 e. The Morgan fingerprint density at radius 1 is 1.15 bits per heavy atom. The Bertz CT molecular complexity index is 1710. The Kier molecular flexibility index (Phi) is 20.9. The van der Waals surface area contributed by atoms with Crippen LogP contribution in [0.5, 0.6) is 0 Å². The molecule has 1 aromatic heterocycles. The molecule has 2 rings (SSSR count). The first kappa shape index (κ1) is 48.4. The maximum absolute atomic E-state index is 12.7. The molecule has 0 bridgehead atoms. The third-order valence-corrected chi connectivity index (χ3v) is 14.2. The number of carbonyl (C=O) groups excluding carboxylic acids is 1. The number of aromatic nitrogens is 2. The highest BCUT2D eigenvalue weighted by Crippen LogP contribution is 2.66. The third-order valence-electron chi connectivity index (χ3n) is 6.62. The fourth-order valence-electron chi connectivity index (χ4n) is 4.45. The molecule has 0 amide bonds. The van der Waals surface area contributed by atoms with Gasteiger partial charge in [0.2, 0.25) is 0 Å². The monoisotopic (exact) mass is 890 g/mol. The molecule has 0 saturated carbocycles. The lowest BCUT2D eigenvalue weighted by atomic mass is 10.1. The predicted molar refractivity (Wildman–Crippen MR) is 201 cm³/mol. The average molecular weight is 891 g/mol. The number of aromatic amines is 1. The number of rotatable bonds is 24. The van der Waals surface area contributed by atoms with E-state index in [4.69, 9.17) is 44.4 Å². The van der Waals surface area contributed by atoms with Crippen molar-refractivity contribution < 1.29 is 70.2 Å². The topological polar surface area (TPSA) is 269 Å². The molecular weight excluding hydrogens is 845 g/mol. The van der Waals surface area contributed by atoms with Crippen molar-refractivity contribution in [2.45, 2.75) is 88.9 Å². The number of nitrogens with one attached hydrogen (secondary N) is 1. The van der Waals surface area contributed by atoms with Crippen LogP contribution in [0.15, 0.2) is 15.8 Å². The van der Waals surface area contributed by atoms with Crippen LogP contribution in [0.25, 0.3) is 0 Å². The number of ether oxygens (including phenoxy) is 4. The summed E-state index contributed by atoms with van der Waals surface area (Å²) in [6.45, 7) is 6.51. The fraction of sp³-hybridized carbons (Fsp3) is 0.741. The van der Waals surface area contributed by atoms with Gasteiger partial charge in [0.25, 0.3) is 5.56 Å². The van der Waals surface area contributed by atoms with E-state index in [-0.39, 0.29) is 42.1 Å². The van der Waals surface area contributed by atoms with E-state index in [1.54, 1.807) is 17.0 Å². The van der Waals surface area contributed by atoms with E-state index < -0.39 is 75.2 Å². The third kappa shape index (κ3) is 20.3. The lowest BCUT2D eigenvalue weighted by molar-refractivity contribution is -0.143. The molecule has 1 aliphatic rings. The highest BCUT2D eigenvalue weighted by molar-refractivity contribution is 8.77. The van der Waals surface area contributed by atoms with Crippen LogP contribution in [0.4, 0.5) is 0 Å². The predicted octanol–water partition coefficient (Wildman–Crippen LogP) is 3.61. The van der Waals surface area contributed by atoms with Crippen molar-refractivity contribution in [3.63, 3.8) is 0 Å². The molecule has 1 aliphatic heterocycles. The summed E-state index contributed by atoms with van der Waals surface area (Å²) >= 11 is 5.13. The Morgan fingerprint density at radius 3 is 2.51 bits per heavy atom. The maximum Gasteiger partial charge on any atom is 0.490 e. The van der Waals surface area contributed by atoms with E-state index in [1.165, 1.54) is 0 Å². The van der Waals surface area contributed by atoms with Gasteiger partial charge in [-0.3, -0.25) is 23.7 Å². The van der Waals surface area contributed by atoms with E-state index in [9.17, 15) is 37.9 Å². The lowest BCUT2D eigenvalue weighted by Crippen LogP contribution is -2.33. The number of hydrogen-bond acceptors (Lipinski definition) is 16. The van der Waals surface area contributed by atoms with Crippen LogP contribution in [-0.4, -0.2) is 90.0 Å². The molecule has 0 aromatic carbocycles. The molecule has 1 aromatic rings. The zero-order chi connectivity index (χ0) is 39.9. The van der Waals surface area contributed by atoms with E-state index >= 15 is 0 Å². The minimum atomic E-state index is -5.76. The van der Waals surface area contributed by atoms with Gasteiger partial charge >= 0.3 is 35.1 Å². The summed E-state index contributed by atoms with van der Waals surface area (Å²) in [6.07, 6.45) is 3.10. The van der Waals surface area contributed by atoms with E-state index in [0.717, 1.165) is 30.0 Å². The van der Waals surface area contributed by atoms with Gasteiger partial charge in [-0.25, -0.2) is 18.5 Å². The number of phosphoric ester groups is 1. The van der Waals surface area contributed by atoms with Gasteiger partial charge in [0.1, 0.15) is 23.8 Å². The molecule has 0 spiro atoms. The molecule has 26 heteroatoms. The lowest BCUT2D eigenvalue weighted by Gasteiger charge is -2.22. The average Bonchev–Trinajstić information content (AvgIpc) is 3.42. The molecule has 0 radical (unpaired) electrons. The Hall–Kier alpha value is -0.730. The summed E-state index contributed by atoms with van der Waals surface area (Å²) in [7, 11) is -14.0. The van der Waals surface area contributed by atoms with Crippen molar-refractivity contribution in [3.05, 3.63) is 32.6 Å². The largest absolute Gasteiger partial charge is 0.490 e. The number of esters is 1. The molecule has 1 saturated heterocycles. The highest BCUT2D eigenvalue weighted by Gasteiger charge is 2.43. The van der Waals surface area contributed by atoms with Gasteiger partial charge < -0.3 is 38.5 Å². The summed E-state index contributed by atoms with van der Waals surface area (Å²) in [5.74, 6) is 5.46. The van der Waals surface area contributed by atoms with Gasteiger partial charge in [0.15, 0.2) is 0 Å². The second-order valence-corrected chi connectivity index (χ2v) is 22.3. The van der Waals surface area contributed by atoms with Crippen LogP contribution in [0.3, 0.4) is 0 Å². The summed E-state index contributed by atoms with van der Waals surface area (Å²) in [5.41, 5.74) is -1.83. The molecule has 3 unspecified atom stereocenters. The first-order valence-electron chi connectivity index (χ1n) is 15.9. The van der Waals surface area contributed by atoms with Crippen LogP contribution < -0.4 is 11.2 Å². The van der Waals surface area contributed by atoms with Crippen molar-refractivity contribution in [1.82, 2.24) is 9.55 Å². The van der Waals surface area contributed by atoms with Gasteiger partial charge in [0.05, 0.1) is 31.7 Å².